The van der Waals surface area contributed by atoms with Crippen molar-refractivity contribution in [1.82, 2.24) is 0 Å². The molecule has 0 radical (unpaired) electrons. The maximum Gasteiger partial charge on any atom is 0.262 e. The minimum absolute atomic E-state index is 0.0890. The minimum Gasteiger partial charge on any atom is -0.875 e. The predicted octanol–water partition coefficient (Wildman–Crippen LogP) is 4.97. The molecule has 1 aromatic rings. The van der Waals surface area contributed by atoms with Crippen LogP contribution in [0.1, 0.15) is 52.4 Å². The smallest absolute Gasteiger partial charge is 0.262 e. The molecule has 1 aromatic carbocycles. The summed E-state index contributed by atoms with van der Waals surface area (Å²) in [7, 11) is 0. The van der Waals surface area contributed by atoms with Crippen LogP contribution in [0.2, 0.25) is 5.02 Å². The molecule has 5 nitrogen and oxygen atoms in total. The normalized spacial score (nSPS) is 24.0. The van der Waals surface area contributed by atoms with Crippen molar-refractivity contribution < 1.29 is 19.5 Å². The number of hydrogen-bond donors (Lipinski definition) is 0. The van der Waals surface area contributed by atoms with E-state index in [4.69, 9.17) is 21.2 Å². The molecule has 3 atom stereocenters. The summed E-state index contributed by atoms with van der Waals surface area (Å²) in [6.07, 6.45) is 3.78. The van der Waals surface area contributed by atoms with Gasteiger partial charge in [-0.2, -0.15) is 11.8 Å². The van der Waals surface area contributed by atoms with Crippen molar-refractivity contribution in [2.75, 3.05) is 11.5 Å². The number of rotatable bonds is 8. The minimum atomic E-state index is -0.667. The number of carbonyl (C=O) groups is 1. The Labute approximate surface area is 187 Å². The Kier molecular flexibility index (Phi) is 8.51. The van der Waals surface area contributed by atoms with Crippen LogP contribution in [0, 0.1) is 11.8 Å². The van der Waals surface area contributed by atoms with Gasteiger partial charge in [0, 0.05) is 23.9 Å². The van der Waals surface area contributed by atoms with Gasteiger partial charge in [-0.3, -0.25) is 4.79 Å². The van der Waals surface area contributed by atoms with Gasteiger partial charge >= 0.3 is 0 Å². The Morgan fingerprint density at radius 2 is 2.07 bits per heavy atom. The molecule has 1 aliphatic carbocycles. The number of hydrogen-bond acceptors (Lipinski definition) is 6. The molecule has 0 saturated carbocycles. The maximum absolute atomic E-state index is 12.9. The number of nitrogens with zero attached hydrogens (tertiary/aromatic N) is 1. The molecule has 3 unspecified atom stereocenters. The summed E-state index contributed by atoms with van der Waals surface area (Å²) in [5.74, 6) is 3.29. The quantitative estimate of drug-likeness (QED) is 0.317. The van der Waals surface area contributed by atoms with Crippen LogP contribution in [-0.2, 0) is 9.63 Å². The van der Waals surface area contributed by atoms with Gasteiger partial charge in [0.2, 0.25) is 0 Å². The van der Waals surface area contributed by atoms with Crippen LogP contribution in [0.15, 0.2) is 40.8 Å². The van der Waals surface area contributed by atoms with Gasteiger partial charge < -0.3 is 14.7 Å². The van der Waals surface area contributed by atoms with Crippen molar-refractivity contribution in [3.05, 3.63) is 40.6 Å². The van der Waals surface area contributed by atoms with E-state index < -0.39 is 6.29 Å². The molecular formula is C23H29ClNO4S-. The molecule has 7 heteroatoms. The highest BCUT2D eigenvalue weighted by atomic mass is 35.5. The van der Waals surface area contributed by atoms with Crippen LogP contribution in [0.5, 0.6) is 5.75 Å². The summed E-state index contributed by atoms with van der Waals surface area (Å²) >= 11 is 7.82. The van der Waals surface area contributed by atoms with Gasteiger partial charge in [0.1, 0.15) is 5.75 Å². The number of halogens is 1. The summed E-state index contributed by atoms with van der Waals surface area (Å²) in [4.78, 5) is 18.4. The Balaban J connectivity index is 1.68. The fraction of sp³-hybridized carbons (Fsp3) is 0.565. The van der Waals surface area contributed by atoms with E-state index in [-0.39, 0.29) is 23.0 Å². The van der Waals surface area contributed by atoms with E-state index in [0.717, 1.165) is 18.6 Å². The molecule has 30 heavy (non-hydrogen) atoms. The molecule has 3 rings (SSSR count). The first kappa shape index (κ1) is 23.0. The number of carbonyl (C=O) groups excluding carboxylic acids is 1. The molecule has 1 aliphatic heterocycles. The largest absolute Gasteiger partial charge is 0.875 e. The molecule has 1 saturated heterocycles. The lowest BCUT2D eigenvalue weighted by atomic mass is 9.76. The van der Waals surface area contributed by atoms with E-state index in [0.29, 0.717) is 41.7 Å². The van der Waals surface area contributed by atoms with Crippen molar-refractivity contribution >= 4 is 34.9 Å². The maximum atomic E-state index is 12.9. The van der Waals surface area contributed by atoms with Crippen LogP contribution in [0.25, 0.3) is 0 Å². The number of allylic oxidation sites excluding steroid dienone is 2. The summed E-state index contributed by atoms with van der Waals surface area (Å²) in [6, 6.07) is 6.94. The molecule has 0 bridgehead atoms. The van der Waals surface area contributed by atoms with Crippen molar-refractivity contribution in [3.8, 4) is 5.75 Å². The SMILES string of the molecule is CCC/C(=N\OC(C)Oc1ccc(Cl)cc1)C1=C([O-])CC(C2CCCSC2)CC1=O. The van der Waals surface area contributed by atoms with Crippen molar-refractivity contribution in [1.29, 1.82) is 0 Å². The number of ketones is 1. The highest BCUT2D eigenvalue weighted by Gasteiger charge is 2.32. The topological polar surface area (TPSA) is 70.9 Å². The molecule has 164 valence electrons. The summed E-state index contributed by atoms with van der Waals surface area (Å²) in [6.45, 7) is 3.71. The van der Waals surface area contributed by atoms with Crippen LogP contribution in [0.3, 0.4) is 0 Å². The van der Waals surface area contributed by atoms with Crippen molar-refractivity contribution in [3.63, 3.8) is 0 Å². The lowest BCUT2D eigenvalue weighted by Gasteiger charge is -2.36. The van der Waals surface area contributed by atoms with E-state index in [9.17, 15) is 9.90 Å². The van der Waals surface area contributed by atoms with E-state index in [1.54, 1.807) is 31.2 Å². The average molecular weight is 451 g/mol. The number of oxime groups is 1. The average Bonchev–Trinajstić information content (AvgIpc) is 2.73. The van der Waals surface area contributed by atoms with Crippen molar-refractivity contribution in [2.45, 2.75) is 58.7 Å². The van der Waals surface area contributed by atoms with Gasteiger partial charge in [0.25, 0.3) is 6.29 Å². The number of thioether (sulfide) groups is 1. The third-order valence-corrected chi connectivity index (χ3v) is 7.01. The second-order valence-electron chi connectivity index (χ2n) is 7.90. The number of ether oxygens (including phenoxy) is 1. The molecule has 2 aliphatic rings. The molecule has 0 spiro atoms. The van der Waals surface area contributed by atoms with E-state index >= 15 is 0 Å². The molecule has 0 amide bonds. The zero-order valence-electron chi connectivity index (χ0n) is 17.6. The van der Waals surface area contributed by atoms with E-state index in [1.165, 1.54) is 12.2 Å². The zero-order chi connectivity index (χ0) is 21.5. The molecule has 0 N–H and O–H groups in total. The Hall–Kier alpha value is -1.66. The van der Waals surface area contributed by atoms with Crippen LogP contribution in [0.4, 0.5) is 0 Å². The summed E-state index contributed by atoms with van der Waals surface area (Å²) in [5.41, 5.74) is 0.672. The van der Waals surface area contributed by atoms with E-state index in [1.807, 2.05) is 18.7 Å². The summed E-state index contributed by atoms with van der Waals surface area (Å²) in [5, 5.41) is 17.7. The first-order chi connectivity index (χ1) is 14.5. The Morgan fingerprint density at radius 1 is 1.30 bits per heavy atom. The lowest BCUT2D eigenvalue weighted by Crippen LogP contribution is -2.34. The number of Topliss-reactive ketones (excluding diaryl/α,β-unsaturated/α-hetero) is 1. The third kappa shape index (κ3) is 6.17. The van der Waals surface area contributed by atoms with Gasteiger partial charge in [-0.25, -0.2) is 0 Å². The Morgan fingerprint density at radius 3 is 2.70 bits per heavy atom. The van der Waals surface area contributed by atoms with Gasteiger partial charge in [-0.15, -0.1) is 5.76 Å². The number of benzene rings is 1. The fourth-order valence-electron chi connectivity index (χ4n) is 4.02. The zero-order valence-corrected chi connectivity index (χ0v) is 19.1. The van der Waals surface area contributed by atoms with Gasteiger partial charge in [-0.1, -0.05) is 30.1 Å². The second-order valence-corrected chi connectivity index (χ2v) is 9.49. The lowest BCUT2D eigenvalue weighted by molar-refractivity contribution is -0.310. The van der Waals surface area contributed by atoms with Crippen LogP contribution < -0.4 is 9.84 Å². The fourth-order valence-corrected chi connectivity index (χ4v) is 5.42. The van der Waals surface area contributed by atoms with E-state index in [2.05, 4.69) is 5.16 Å². The molecular weight excluding hydrogens is 422 g/mol. The highest BCUT2D eigenvalue weighted by Crippen LogP contribution is 2.37. The first-order valence-electron chi connectivity index (χ1n) is 10.6. The Bertz CT molecular complexity index is 787. The van der Waals surface area contributed by atoms with Crippen LogP contribution in [-0.4, -0.2) is 29.3 Å². The van der Waals surface area contributed by atoms with Crippen LogP contribution >= 0.6 is 23.4 Å². The molecule has 1 fully saturated rings. The van der Waals surface area contributed by atoms with Gasteiger partial charge in [0.15, 0.2) is 5.78 Å². The first-order valence-corrected chi connectivity index (χ1v) is 12.2. The van der Waals surface area contributed by atoms with Crippen molar-refractivity contribution in [2.24, 2.45) is 17.0 Å². The standard InChI is InChI=1S/C23H30ClNO4S/c1-3-5-20(25-29-15(2)28-19-9-7-18(24)8-10-19)23-21(26)12-17(13-22(23)27)16-6-4-11-30-14-16/h7-10,15-17,26H,3-6,11-14H2,1-2H3/p-1/b25-20+. The van der Waals surface area contributed by atoms with Gasteiger partial charge in [0.05, 0.1) is 5.71 Å². The third-order valence-electron chi connectivity index (χ3n) is 5.52. The predicted molar refractivity (Wildman–Crippen MR) is 120 cm³/mol. The highest BCUT2D eigenvalue weighted by molar-refractivity contribution is 7.99. The summed E-state index contributed by atoms with van der Waals surface area (Å²) < 4.78 is 5.67. The molecule has 1 heterocycles. The monoisotopic (exact) mass is 450 g/mol. The molecule has 0 aromatic heterocycles. The van der Waals surface area contributed by atoms with Gasteiger partial charge in [-0.05, 0) is 73.3 Å². The second kappa shape index (κ2) is 11.1.